The molecule has 2 aliphatic rings. The maximum atomic E-state index is 6.18. The summed E-state index contributed by atoms with van der Waals surface area (Å²) >= 11 is 0. The van der Waals surface area contributed by atoms with Gasteiger partial charge in [-0.3, -0.25) is 0 Å². The number of hydrogen-bond acceptors (Lipinski definition) is 5. The van der Waals surface area contributed by atoms with Gasteiger partial charge in [0.25, 0.3) is 5.95 Å². The zero-order valence-corrected chi connectivity index (χ0v) is 8.80. The minimum atomic E-state index is 0.247. The molecule has 4 atom stereocenters. The highest BCUT2D eigenvalue weighted by Crippen LogP contribution is 2.39. The van der Waals surface area contributed by atoms with Crippen molar-refractivity contribution in [1.82, 2.24) is 20.6 Å². The van der Waals surface area contributed by atoms with Gasteiger partial charge >= 0.3 is 0 Å². The molecule has 0 amide bonds. The summed E-state index contributed by atoms with van der Waals surface area (Å²) in [6, 6.07) is 1.20. The van der Waals surface area contributed by atoms with Gasteiger partial charge in [0.1, 0.15) is 0 Å². The molecule has 3 N–H and O–H groups in total. The molecule has 0 aromatic carbocycles. The summed E-state index contributed by atoms with van der Waals surface area (Å²) in [4.78, 5) is 2.27. The summed E-state index contributed by atoms with van der Waals surface area (Å²) in [6.07, 6.45) is 3.47. The zero-order valence-electron chi connectivity index (χ0n) is 8.80. The van der Waals surface area contributed by atoms with Crippen LogP contribution in [0.4, 0.5) is 5.95 Å². The van der Waals surface area contributed by atoms with E-state index in [0.717, 1.165) is 12.8 Å². The Morgan fingerprint density at radius 1 is 1.40 bits per heavy atom. The molecule has 3 heterocycles. The van der Waals surface area contributed by atoms with Crippen LogP contribution in [0.25, 0.3) is 0 Å². The molecule has 15 heavy (non-hydrogen) atoms. The van der Waals surface area contributed by atoms with Crippen LogP contribution in [0.5, 0.6) is 0 Å². The van der Waals surface area contributed by atoms with Crippen molar-refractivity contribution in [2.45, 2.75) is 44.3 Å². The van der Waals surface area contributed by atoms with Gasteiger partial charge in [-0.25, -0.2) is 0 Å². The number of nitrogens with zero attached hydrogens (tertiary/aromatic N) is 4. The first-order valence-corrected chi connectivity index (χ1v) is 5.54. The molecule has 2 bridgehead atoms. The first-order valence-electron chi connectivity index (χ1n) is 5.54. The number of aromatic nitrogens is 4. The summed E-state index contributed by atoms with van der Waals surface area (Å²) in [7, 11) is 0. The van der Waals surface area contributed by atoms with E-state index in [2.05, 4.69) is 32.4 Å². The lowest BCUT2D eigenvalue weighted by molar-refractivity contribution is 0.318. The molecule has 6 nitrogen and oxygen atoms in total. The van der Waals surface area contributed by atoms with Crippen LogP contribution in [0.1, 0.15) is 26.2 Å². The largest absolute Gasteiger partial charge is 0.330 e. The Labute approximate surface area is 88.2 Å². The van der Waals surface area contributed by atoms with Crippen molar-refractivity contribution in [2.24, 2.45) is 11.7 Å². The lowest BCUT2D eigenvalue weighted by Crippen LogP contribution is -2.54. The van der Waals surface area contributed by atoms with Crippen molar-refractivity contribution in [2.75, 3.05) is 4.90 Å². The summed E-state index contributed by atoms with van der Waals surface area (Å²) in [5.41, 5.74) is 6.18. The molecule has 4 unspecified atom stereocenters. The predicted molar refractivity (Wildman–Crippen MR) is 55.2 cm³/mol. The van der Waals surface area contributed by atoms with Crippen molar-refractivity contribution < 1.29 is 0 Å². The Morgan fingerprint density at radius 3 is 2.93 bits per heavy atom. The molecule has 2 fully saturated rings. The summed E-state index contributed by atoms with van der Waals surface area (Å²) in [5, 5.41) is 14.3. The highest BCUT2D eigenvalue weighted by Gasteiger charge is 2.46. The number of tetrazole rings is 1. The van der Waals surface area contributed by atoms with Crippen LogP contribution in [0, 0.1) is 5.92 Å². The predicted octanol–water partition coefficient (Wildman–Crippen LogP) is -0.0958. The second kappa shape index (κ2) is 3.16. The molecular weight excluding hydrogens is 192 g/mol. The van der Waals surface area contributed by atoms with Gasteiger partial charge in [-0.1, -0.05) is 12.0 Å². The van der Waals surface area contributed by atoms with E-state index in [1.807, 2.05) is 0 Å². The Kier molecular flexibility index (Phi) is 1.92. The maximum absolute atomic E-state index is 6.18. The smallest absolute Gasteiger partial charge is 0.266 e. The third-order valence-corrected chi connectivity index (χ3v) is 3.83. The lowest BCUT2D eigenvalue weighted by atomic mass is 9.89. The number of piperidine rings is 1. The second-order valence-corrected chi connectivity index (χ2v) is 4.71. The molecule has 82 valence electrons. The first kappa shape index (κ1) is 9.08. The van der Waals surface area contributed by atoms with Crippen molar-refractivity contribution in [3.05, 3.63) is 0 Å². The fourth-order valence-corrected chi connectivity index (χ4v) is 3.15. The van der Waals surface area contributed by atoms with Crippen molar-refractivity contribution in [3.8, 4) is 0 Å². The fourth-order valence-electron chi connectivity index (χ4n) is 3.15. The van der Waals surface area contributed by atoms with Gasteiger partial charge in [-0.2, -0.15) is 5.21 Å². The third kappa shape index (κ3) is 1.24. The topological polar surface area (TPSA) is 83.7 Å². The summed E-state index contributed by atoms with van der Waals surface area (Å²) in [5.74, 6) is 1.33. The van der Waals surface area contributed by atoms with E-state index in [4.69, 9.17) is 5.73 Å². The van der Waals surface area contributed by atoms with Crippen molar-refractivity contribution >= 4 is 5.95 Å². The number of H-pyrrole nitrogens is 1. The summed E-state index contributed by atoms with van der Waals surface area (Å²) < 4.78 is 0. The molecule has 0 radical (unpaired) electrons. The fraction of sp³-hybridized carbons (Fsp3) is 0.889. The van der Waals surface area contributed by atoms with E-state index in [9.17, 15) is 0 Å². The number of nitrogens with one attached hydrogen (secondary N) is 1. The van der Waals surface area contributed by atoms with Gasteiger partial charge in [0, 0.05) is 18.1 Å². The number of anilines is 1. The first-order chi connectivity index (χ1) is 7.27. The number of rotatable bonds is 1. The van der Waals surface area contributed by atoms with Gasteiger partial charge < -0.3 is 10.6 Å². The normalized spacial score (nSPS) is 39.7. The van der Waals surface area contributed by atoms with Crippen LogP contribution in [-0.2, 0) is 0 Å². The van der Waals surface area contributed by atoms with Crippen LogP contribution >= 0.6 is 0 Å². The average Bonchev–Trinajstić information content (AvgIpc) is 2.83. The number of nitrogens with two attached hydrogens (primary N) is 1. The number of aromatic amines is 1. The molecule has 0 saturated carbocycles. The van der Waals surface area contributed by atoms with Crippen molar-refractivity contribution in [1.29, 1.82) is 0 Å². The Balaban J connectivity index is 1.95. The minimum absolute atomic E-state index is 0.247. The third-order valence-electron chi connectivity index (χ3n) is 3.83. The standard InChI is InChI=1S/C9H16N6/c1-5-4-6(10)8-3-2-7(5)15(8)9-11-13-14-12-9/h5-8H,2-4,10H2,1H3,(H,11,12,13,14). The van der Waals surface area contributed by atoms with E-state index in [1.165, 1.54) is 6.42 Å². The van der Waals surface area contributed by atoms with Gasteiger partial charge in [-0.15, -0.1) is 5.10 Å². The molecule has 3 rings (SSSR count). The van der Waals surface area contributed by atoms with Crippen molar-refractivity contribution in [3.63, 3.8) is 0 Å². The van der Waals surface area contributed by atoms with Crippen LogP contribution in [0.15, 0.2) is 0 Å². The Bertz CT molecular complexity index is 320. The van der Waals surface area contributed by atoms with Gasteiger partial charge in [-0.05, 0) is 30.4 Å². The quantitative estimate of drug-likeness (QED) is 0.673. The SMILES string of the molecule is CC1CC(N)C2CCC1N2c1nn[nH]n1. The molecular formula is C9H16N6. The second-order valence-electron chi connectivity index (χ2n) is 4.71. The molecule has 6 heteroatoms. The van der Waals surface area contributed by atoms with E-state index in [-0.39, 0.29) is 6.04 Å². The monoisotopic (exact) mass is 208 g/mol. The van der Waals surface area contributed by atoms with Gasteiger partial charge in [0.05, 0.1) is 0 Å². The average molecular weight is 208 g/mol. The number of fused-ring (bicyclic) bond motifs is 2. The number of hydrogen-bond donors (Lipinski definition) is 2. The molecule has 1 aromatic rings. The van der Waals surface area contributed by atoms with Gasteiger partial charge in [0.15, 0.2) is 0 Å². The van der Waals surface area contributed by atoms with Crippen LogP contribution < -0.4 is 10.6 Å². The summed E-state index contributed by atoms with van der Waals surface area (Å²) in [6.45, 7) is 2.26. The van der Waals surface area contributed by atoms with Crippen LogP contribution in [0.3, 0.4) is 0 Å². The van der Waals surface area contributed by atoms with Crippen LogP contribution in [-0.4, -0.2) is 38.7 Å². The minimum Gasteiger partial charge on any atom is -0.330 e. The van der Waals surface area contributed by atoms with Crippen LogP contribution in [0.2, 0.25) is 0 Å². The van der Waals surface area contributed by atoms with E-state index in [1.54, 1.807) is 0 Å². The Hall–Kier alpha value is -1.17. The molecule has 0 spiro atoms. The van der Waals surface area contributed by atoms with E-state index in [0.29, 0.717) is 23.9 Å². The molecule has 2 saturated heterocycles. The molecule has 1 aromatic heterocycles. The highest BCUT2D eigenvalue weighted by atomic mass is 15.5. The zero-order chi connectivity index (χ0) is 10.4. The Morgan fingerprint density at radius 2 is 2.20 bits per heavy atom. The highest BCUT2D eigenvalue weighted by molar-refractivity contribution is 5.36. The lowest BCUT2D eigenvalue weighted by Gasteiger charge is -2.41. The molecule has 0 aliphatic carbocycles. The molecule has 2 aliphatic heterocycles. The van der Waals surface area contributed by atoms with E-state index >= 15 is 0 Å². The maximum Gasteiger partial charge on any atom is 0.266 e. The van der Waals surface area contributed by atoms with E-state index < -0.39 is 0 Å². The van der Waals surface area contributed by atoms with Gasteiger partial charge in [0.2, 0.25) is 0 Å².